The SMILES string of the molecule is O=C(O)C(=C([O-])O)c1ccccc1.[Na+]. The fourth-order valence-corrected chi connectivity index (χ4v) is 0.943. The van der Waals surface area contributed by atoms with Crippen molar-refractivity contribution in [1.29, 1.82) is 0 Å². The second kappa shape index (κ2) is 5.70. The molecule has 0 aliphatic carbocycles. The summed E-state index contributed by atoms with van der Waals surface area (Å²) < 4.78 is 0. The molecule has 0 fully saturated rings. The number of benzene rings is 1. The van der Waals surface area contributed by atoms with Crippen molar-refractivity contribution in [3.05, 3.63) is 41.8 Å². The molecule has 1 rings (SSSR count). The maximum atomic E-state index is 10.5. The number of hydrogen-bond donors (Lipinski definition) is 2. The van der Waals surface area contributed by atoms with E-state index in [2.05, 4.69) is 0 Å². The molecule has 0 atom stereocenters. The van der Waals surface area contributed by atoms with E-state index in [1.165, 1.54) is 12.1 Å². The Morgan fingerprint density at radius 1 is 1.14 bits per heavy atom. The summed E-state index contributed by atoms with van der Waals surface area (Å²) in [6, 6.07) is 7.74. The summed E-state index contributed by atoms with van der Waals surface area (Å²) in [4.78, 5) is 10.5. The van der Waals surface area contributed by atoms with Gasteiger partial charge < -0.3 is 15.3 Å². The van der Waals surface area contributed by atoms with Crippen LogP contribution in [0.2, 0.25) is 0 Å². The summed E-state index contributed by atoms with van der Waals surface area (Å²) in [6.45, 7) is 0. The number of hydrogen-bond acceptors (Lipinski definition) is 3. The standard InChI is InChI=1S/C9H8O4.Na/c10-8(11)7(9(12)13)6-4-2-1-3-5-6;/h1-5,10-11H,(H,12,13);/q;+1/p-1. The summed E-state index contributed by atoms with van der Waals surface area (Å²) in [5.74, 6) is -2.86. The maximum absolute atomic E-state index is 10.5. The van der Waals surface area contributed by atoms with E-state index in [4.69, 9.17) is 10.2 Å². The smallest absolute Gasteiger partial charge is 0.629 e. The van der Waals surface area contributed by atoms with Gasteiger partial charge in [-0.3, -0.25) is 0 Å². The summed E-state index contributed by atoms with van der Waals surface area (Å²) in [5.41, 5.74) is -0.414. The van der Waals surface area contributed by atoms with Crippen LogP contribution in [0, 0.1) is 0 Å². The van der Waals surface area contributed by atoms with Crippen molar-refractivity contribution in [3.8, 4) is 0 Å². The van der Waals surface area contributed by atoms with E-state index in [0.717, 1.165) is 0 Å². The van der Waals surface area contributed by atoms with Crippen LogP contribution in [0.15, 0.2) is 36.3 Å². The fraction of sp³-hybridized carbons (Fsp3) is 0. The minimum atomic E-state index is -1.43. The number of aliphatic hydroxyl groups is 1. The predicted octanol–water partition coefficient (Wildman–Crippen LogP) is -2.64. The molecule has 2 N–H and O–H groups in total. The van der Waals surface area contributed by atoms with Crippen molar-refractivity contribution in [2.75, 3.05) is 0 Å². The van der Waals surface area contributed by atoms with Crippen LogP contribution in [0.25, 0.3) is 5.57 Å². The van der Waals surface area contributed by atoms with Gasteiger partial charge in [0.05, 0.1) is 11.5 Å². The first-order valence-electron chi connectivity index (χ1n) is 3.52. The summed E-state index contributed by atoms with van der Waals surface area (Å²) in [5, 5.41) is 27.7. The Hall–Kier alpha value is -0.970. The van der Waals surface area contributed by atoms with Gasteiger partial charge in [0.2, 0.25) is 0 Å². The number of carboxylic acids is 1. The van der Waals surface area contributed by atoms with Crippen LogP contribution in [0.1, 0.15) is 5.56 Å². The van der Waals surface area contributed by atoms with Gasteiger partial charge in [0.1, 0.15) is 0 Å². The van der Waals surface area contributed by atoms with Crippen molar-refractivity contribution in [2.24, 2.45) is 0 Å². The first-order valence-corrected chi connectivity index (χ1v) is 3.52. The van der Waals surface area contributed by atoms with E-state index < -0.39 is 17.5 Å². The van der Waals surface area contributed by atoms with Gasteiger partial charge in [0, 0.05) is 0 Å². The number of carbonyl (C=O) groups is 1. The summed E-state index contributed by atoms with van der Waals surface area (Å²) in [6.07, 6.45) is 0. The van der Waals surface area contributed by atoms with Gasteiger partial charge in [-0.1, -0.05) is 30.3 Å². The zero-order valence-electron chi connectivity index (χ0n) is 7.60. The molecule has 0 saturated carbocycles. The van der Waals surface area contributed by atoms with Gasteiger partial charge in [-0.25, -0.2) is 4.79 Å². The van der Waals surface area contributed by atoms with E-state index in [1.54, 1.807) is 18.2 Å². The van der Waals surface area contributed by atoms with E-state index >= 15 is 0 Å². The van der Waals surface area contributed by atoms with Crippen molar-refractivity contribution in [2.45, 2.75) is 0 Å². The molecule has 0 aliphatic heterocycles. The van der Waals surface area contributed by atoms with Crippen molar-refractivity contribution in [3.63, 3.8) is 0 Å². The molecule has 0 amide bonds. The van der Waals surface area contributed by atoms with E-state index in [1.807, 2.05) is 0 Å². The van der Waals surface area contributed by atoms with Crippen LogP contribution in [0.4, 0.5) is 0 Å². The Balaban J connectivity index is 0.00000169. The van der Waals surface area contributed by atoms with Crippen LogP contribution in [-0.4, -0.2) is 16.2 Å². The molecule has 0 radical (unpaired) electrons. The molecule has 1 aromatic carbocycles. The van der Waals surface area contributed by atoms with Gasteiger partial charge in [0.25, 0.3) is 0 Å². The average molecular weight is 202 g/mol. The van der Waals surface area contributed by atoms with Crippen LogP contribution in [0.5, 0.6) is 0 Å². The van der Waals surface area contributed by atoms with Crippen LogP contribution < -0.4 is 34.7 Å². The molecule has 68 valence electrons. The Kier molecular flexibility index (Phi) is 5.30. The minimum Gasteiger partial charge on any atom is -0.629 e. The van der Waals surface area contributed by atoms with Gasteiger partial charge in [0.15, 0.2) is 0 Å². The third kappa shape index (κ3) is 3.06. The fourth-order valence-electron chi connectivity index (χ4n) is 0.943. The zero-order valence-corrected chi connectivity index (χ0v) is 9.60. The van der Waals surface area contributed by atoms with Gasteiger partial charge in [-0.05, 0) is 5.56 Å². The van der Waals surface area contributed by atoms with Crippen molar-refractivity contribution < 1.29 is 49.7 Å². The topological polar surface area (TPSA) is 80.6 Å². The third-order valence-corrected chi connectivity index (χ3v) is 1.49. The third-order valence-electron chi connectivity index (χ3n) is 1.49. The number of aliphatic carboxylic acids is 1. The van der Waals surface area contributed by atoms with Gasteiger partial charge >= 0.3 is 35.5 Å². The number of carboxylic acid groups (broad SMARTS) is 1. The Labute approximate surface area is 103 Å². The zero-order chi connectivity index (χ0) is 9.84. The van der Waals surface area contributed by atoms with Gasteiger partial charge in [-0.15, -0.1) is 0 Å². The molecule has 0 unspecified atom stereocenters. The molecule has 14 heavy (non-hydrogen) atoms. The number of rotatable bonds is 2. The Morgan fingerprint density at radius 2 is 1.64 bits per heavy atom. The van der Waals surface area contributed by atoms with Crippen molar-refractivity contribution in [1.82, 2.24) is 0 Å². The van der Waals surface area contributed by atoms with Crippen LogP contribution in [-0.2, 0) is 4.79 Å². The summed E-state index contributed by atoms with van der Waals surface area (Å²) in [7, 11) is 0. The Morgan fingerprint density at radius 3 is 2.00 bits per heavy atom. The molecular weight excluding hydrogens is 195 g/mol. The average Bonchev–Trinajstić information content (AvgIpc) is 2.04. The maximum Gasteiger partial charge on any atom is 1.00 e. The second-order valence-corrected chi connectivity index (χ2v) is 2.35. The number of aliphatic hydroxyl groups excluding tert-OH is 1. The minimum absolute atomic E-state index is 0. The Bertz CT molecular complexity index is 341. The first-order chi connectivity index (χ1) is 6.13. The predicted molar refractivity (Wildman–Crippen MR) is 43.6 cm³/mol. The molecule has 5 heteroatoms. The molecule has 0 saturated heterocycles. The molecule has 0 spiro atoms. The molecule has 4 nitrogen and oxygen atoms in total. The monoisotopic (exact) mass is 202 g/mol. The van der Waals surface area contributed by atoms with Crippen LogP contribution >= 0.6 is 0 Å². The molecule has 0 bridgehead atoms. The van der Waals surface area contributed by atoms with Crippen molar-refractivity contribution >= 4 is 11.5 Å². The molecule has 1 aromatic rings. The second-order valence-electron chi connectivity index (χ2n) is 2.35. The molecular formula is C9H7NaO4. The van der Waals surface area contributed by atoms with Crippen LogP contribution in [0.3, 0.4) is 0 Å². The first kappa shape index (κ1) is 13.0. The van der Waals surface area contributed by atoms with E-state index in [0.29, 0.717) is 0 Å². The normalized spacial score (nSPS) is 11.1. The molecule has 0 aliphatic rings. The quantitative estimate of drug-likeness (QED) is 0.312. The van der Waals surface area contributed by atoms with E-state index in [9.17, 15) is 9.90 Å². The van der Waals surface area contributed by atoms with Gasteiger partial charge in [-0.2, -0.15) is 0 Å². The van der Waals surface area contributed by atoms with E-state index in [-0.39, 0.29) is 35.1 Å². The summed E-state index contributed by atoms with van der Waals surface area (Å²) >= 11 is 0. The largest absolute Gasteiger partial charge is 1.00 e. The molecule has 0 aromatic heterocycles. The molecule has 0 heterocycles.